The Kier molecular flexibility index (Phi) is 7.08. The molecule has 170 valence electrons. The van der Waals surface area contributed by atoms with Gasteiger partial charge in [0.25, 0.3) is 5.91 Å². The van der Waals surface area contributed by atoms with Gasteiger partial charge >= 0.3 is 0 Å². The Morgan fingerprint density at radius 2 is 1.97 bits per heavy atom. The number of nitrogens with zero attached hydrogens (tertiary/aromatic N) is 3. The van der Waals surface area contributed by atoms with Crippen molar-refractivity contribution in [2.24, 2.45) is 5.92 Å². The molecule has 3 heterocycles. The second-order valence-corrected chi connectivity index (χ2v) is 10.0. The highest BCUT2D eigenvalue weighted by Gasteiger charge is 2.29. The number of rotatable bonds is 6. The summed E-state index contributed by atoms with van der Waals surface area (Å²) in [6.07, 6.45) is 2.33. The second-order valence-electron chi connectivity index (χ2n) is 8.17. The van der Waals surface area contributed by atoms with E-state index in [-0.39, 0.29) is 17.7 Å². The average Bonchev–Trinajstić information content (AvgIpc) is 3.34. The maximum Gasteiger partial charge on any atom is 0.264 e. The van der Waals surface area contributed by atoms with E-state index >= 15 is 0 Å². The molecule has 0 aliphatic carbocycles. The van der Waals surface area contributed by atoms with Gasteiger partial charge in [0, 0.05) is 41.0 Å². The predicted molar refractivity (Wildman–Crippen MR) is 130 cm³/mol. The smallest absolute Gasteiger partial charge is 0.264 e. The summed E-state index contributed by atoms with van der Waals surface area (Å²) in [5.41, 5.74) is 1.80. The van der Waals surface area contributed by atoms with Crippen LogP contribution in [0.1, 0.15) is 47.1 Å². The molecule has 1 aromatic carbocycles. The zero-order valence-electron chi connectivity index (χ0n) is 18.2. The predicted octanol–water partition coefficient (Wildman–Crippen LogP) is 5.14. The number of hydrogen-bond donors (Lipinski definition) is 1. The number of aryl methyl sites for hydroxylation is 1. The number of nitrogens with one attached hydrogen (secondary N) is 1. The zero-order valence-corrected chi connectivity index (χ0v) is 20.5. The SMILES string of the molecule is CCCNC(=O)C1CCN(C(=O)c2cc3c(C)nn(Cc4ccc(Cl)cc4Cl)c3s2)CC1. The largest absolute Gasteiger partial charge is 0.356 e. The van der Waals surface area contributed by atoms with Crippen LogP contribution >= 0.6 is 34.5 Å². The van der Waals surface area contributed by atoms with E-state index in [9.17, 15) is 9.59 Å². The van der Waals surface area contributed by atoms with Gasteiger partial charge in [0.1, 0.15) is 4.83 Å². The molecule has 3 aromatic rings. The quantitative estimate of drug-likeness (QED) is 0.517. The van der Waals surface area contributed by atoms with Crippen molar-refractivity contribution in [3.63, 3.8) is 0 Å². The van der Waals surface area contributed by atoms with Crippen molar-refractivity contribution in [3.8, 4) is 0 Å². The molecule has 1 fully saturated rings. The van der Waals surface area contributed by atoms with Crippen LogP contribution in [0.3, 0.4) is 0 Å². The van der Waals surface area contributed by atoms with E-state index in [1.807, 2.05) is 41.6 Å². The summed E-state index contributed by atoms with van der Waals surface area (Å²) >= 11 is 13.8. The van der Waals surface area contributed by atoms with Crippen molar-refractivity contribution in [2.45, 2.75) is 39.7 Å². The van der Waals surface area contributed by atoms with Gasteiger partial charge in [-0.15, -0.1) is 11.3 Å². The summed E-state index contributed by atoms with van der Waals surface area (Å²) < 4.78 is 1.89. The number of aromatic nitrogens is 2. The maximum atomic E-state index is 13.2. The fraction of sp³-hybridized carbons (Fsp3) is 0.435. The fourth-order valence-corrected chi connectivity index (χ4v) is 5.63. The molecule has 1 aliphatic heterocycles. The molecule has 1 N–H and O–H groups in total. The highest BCUT2D eigenvalue weighted by molar-refractivity contribution is 7.20. The van der Waals surface area contributed by atoms with E-state index in [4.69, 9.17) is 23.2 Å². The lowest BCUT2D eigenvalue weighted by atomic mass is 9.95. The summed E-state index contributed by atoms with van der Waals surface area (Å²) in [5.74, 6) is 0.124. The molecule has 0 radical (unpaired) electrons. The third-order valence-electron chi connectivity index (χ3n) is 5.86. The monoisotopic (exact) mass is 492 g/mol. The van der Waals surface area contributed by atoms with Crippen LogP contribution < -0.4 is 5.32 Å². The summed E-state index contributed by atoms with van der Waals surface area (Å²) in [6, 6.07) is 7.37. The molecule has 2 amide bonds. The first-order valence-corrected chi connectivity index (χ1v) is 12.4. The van der Waals surface area contributed by atoms with Crippen LogP contribution in [0.4, 0.5) is 0 Å². The first-order chi connectivity index (χ1) is 15.4. The van der Waals surface area contributed by atoms with Crippen LogP contribution in [0.5, 0.6) is 0 Å². The van der Waals surface area contributed by atoms with Gasteiger partial charge in [-0.25, -0.2) is 0 Å². The number of likely N-dealkylation sites (tertiary alicyclic amines) is 1. The minimum absolute atomic E-state index is 0.00654. The number of benzene rings is 1. The van der Waals surface area contributed by atoms with Crippen LogP contribution in [0.25, 0.3) is 10.2 Å². The van der Waals surface area contributed by atoms with E-state index in [1.165, 1.54) is 11.3 Å². The van der Waals surface area contributed by atoms with Crippen molar-refractivity contribution in [3.05, 3.63) is 50.4 Å². The Balaban J connectivity index is 1.48. The van der Waals surface area contributed by atoms with Gasteiger partial charge < -0.3 is 10.2 Å². The van der Waals surface area contributed by atoms with E-state index in [2.05, 4.69) is 10.4 Å². The highest BCUT2D eigenvalue weighted by atomic mass is 35.5. The molecule has 2 aromatic heterocycles. The molecule has 1 saturated heterocycles. The number of piperidine rings is 1. The Bertz CT molecular complexity index is 1150. The normalized spacial score (nSPS) is 14.8. The van der Waals surface area contributed by atoms with E-state index in [1.54, 1.807) is 6.07 Å². The van der Waals surface area contributed by atoms with Gasteiger partial charge in [-0.05, 0) is 49.9 Å². The van der Waals surface area contributed by atoms with Crippen molar-refractivity contribution in [2.75, 3.05) is 19.6 Å². The van der Waals surface area contributed by atoms with E-state index < -0.39 is 0 Å². The number of hydrogen-bond acceptors (Lipinski definition) is 4. The first kappa shape index (κ1) is 23.1. The fourth-order valence-electron chi connectivity index (χ4n) is 4.03. The third kappa shape index (κ3) is 4.80. The van der Waals surface area contributed by atoms with Crippen molar-refractivity contribution in [1.29, 1.82) is 0 Å². The molecule has 1 aliphatic rings. The average molecular weight is 493 g/mol. The minimum Gasteiger partial charge on any atom is -0.356 e. The van der Waals surface area contributed by atoms with Crippen LogP contribution in [-0.2, 0) is 11.3 Å². The molecule has 0 bridgehead atoms. The first-order valence-electron chi connectivity index (χ1n) is 10.8. The van der Waals surface area contributed by atoms with Gasteiger partial charge in [0.15, 0.2) is 0 Å². The number of thiophene rings is 1. The number of carbonyl (C=O) groups excluding carboxylic acids is 2. The molecule has 32 heavy (non-hydrogen) atoms. The van der Waals surface area contributed by atoms with Crippen molar-refractivity contribution >= 4 is 56.6 Å². The Morgan fingerprint density at radius 1 is 1.22 bits per heavy atom. The molecule has 9 heteroatoms. The van der Waals surface area contributed by atoms with Crippen LogP contribution in [0, 0.1) is 12.8 Å². The Morgan fingerprint density at radius 3 is 2.66 bits per heavy atom. The number of amides is 2. The maximum absolute atomic E-state index is 13.2. The number of fused-ring (bicyclic) bond motifs is 1. The highest BCUT2D eigenvalue weighted by Crippen LogP contribution is 2.31. The van der Waals surface area contributed by atoms with Crippen molar-refractivity contribution in [1.82, 2.24) is 20.0 Å². The van der Waals surface area contributed by atoms with Gasteiger partial charge in [-0.1, -0.05) is 36.2 Å². The molecule has 0 atom stereocenters. The number of carbonyl (C=O) groups is 2. The summed E-state index contributed by atoms with van der Waals surface area (Å²) in [7, 11) is 0. The topological polar surface area (TPSA) is 67.2 Å². The van der Waals surface area contributed by atoms with Gasteiger partial charge in [-0.2, -0.15) is 5.10 Å². The van der Waals surface area contributed by atoms with Crippen molar-refractivity contribution < 1.29 is 9.59 Å². The molecule has 4 rings (SSSR count). The molecule has 0 saturated carbocycles. The van der Waals surface area contributed by atoms with Crippen LogP contribution in [0.2, 0.25) is 10.0 Å². The summed E-state index contributed by atoms with van der Waals surface area (Å²) in [5, 5.41) is 9.78. The third-order valence-corrected chi connectivity index (χ3v) is 7.58. The molecule has 0 spiro atoms. The van der Waals surface area contributed by atoms with Crippen LogP contribution in [0.15, 0.2) is 24.3 Å². The van der Waals surface area contributed by atoms with Gasteiger partial charge in [-0.3, -0.25) is 14.3 Å². The minimum atomic E-state index is -0.00654. The lowest BCUT2D eigenvalue weighted by Gasteiger charge is -2.31. The van der Waals surface area contributed by atoms with Gasteiger partial charge in [0.05, 0.1) is 17.1 Å². The molecular weight excluding hydrogens is 467 g/mol. The molecule has 0 unspecified atom stereocenters. The second kappa shape index (κ2) is 9.81. The zero-order chi connectivity index (χ0) is 22.8. The Hall–Kier alpha value is -2.09. The van der Waals surface area contributed by atoms with E-state index in [0.29, 0.717) is 53.9 Å². The Labute approximate surface area is 201 Å². The van der Waals surface area contributed by atoms with Gasteiger partial charge in [0.2, 0.25) is 5.91 Å². The molecular formula is C23H26Cl2N4O2S. The lowest BCUT2D eigenvalue weighted by molar-refractivity contribution is -0.126. The summed E-state index contributed by atoms with van der Waals surface area (Å²) in [4.78, 5) is 28.9. The summed E-state index contributed by atoms with van der Waals surface area (Å²) in [6.45, 7) is 6.40. The number of halogens is 2. The standard InChI is InChI=1S/C23H26Cl2N4O2S/c1-3-8-26-21(30)15-6-9-28(10-7-15)22(31)20-12-18-14(2)27-29(23(18)32-20)13-16-4-5-17(24)11-19(16)25/h4-5,11-12,15H,3,6-10,13H2,1-2H3,(H,26,30). The molecule has 6 nitrogen and oxygen atoms in total. The van der Waals surface area contributed by atoms with E-state index in [0.717, 1.165) is 27.9 Å². The van der Waals surface area contributed by atoms with Crippen LogP contribution in [-0.4, -0.2) is 46.1 Å². The lowest BCUT2D eigenvalue weighted by Crippen LogP contribution is -2.43.